The SMILES string of the molecule is COc1ccc(N2C(=O)CC(N(C(=O)CSc3ccccc3OC)C3CCCCC3)C2=O)cc1. The molecule has 3 amide bonds. The fraction of sp³-hybridized carbons (Fsp3) is 0.423. The molecule has 0 bridgehead atoms. The number of para-hydroxylation sites is 1. The van der Waals surface area contributed by atoms with Gasteiger partial charge in [0.2, 0.25) is 11.8 Å². The Morgan fingerprint density at radius 1 is 1.00 bits per heavy atom. The average Bonchev–Trinajstić information content (AvgIpc) is 3.17. The summed E-state index contributed by atoms with van der Waals surface area (Å²) in [5, 5.41) is 0. The molecule has 4 rings (SSSR count). The maximum Gasteiger partial charge on any atom is 0.257 e. The first-order valence-corrected chi connectivity index (χ1v) is 12.6. The van der Waals surface area contributed by atoms with Crippen LogP contribution in [0.15, 0.2) is 53.4 Å². The molecule has 1 heterocycles. The molecule has 0 aromatic heterocycles. The van der Waals surface area contributed by atoms with Gasteiger partial charge in [0.15, 0.2) is 0 Å². The molecule has 2 fully saturated rings. The number of hydrogen-bond donors (Lipinski definition) is 0. The van der Waals surface area contributed by atoms with Crippen LogP contribution in [-0.4, -0.2) is 54.7 Å². The largest absolute Gasteiger partial charge is 0.497 e. The molecular formula is C26H30N2O5S. The number of nitrogens with zero attached hydrogens (tertiary/aromatic N) is 2. The lowest BCUT2D eigenvalue weighted by atomic mass is 9.92. The number of thioether (sulfide) groups is 1. The molecule has 8 heteroatoms. The number of rotatable bonds is 8. The molecule has 1 saturated heterocycles. The van der Waals surface area contributed by atoms with Crippen LogP contribution in [0.2, 0.25) is 0 Å². The standard InChI is InChI=1S/C26H30N2O5S/c1-32-20-14-12-19(13-15-20)28-24(29)16-21(26(28)31)27(18-8-4-3-5-9-18)25(30)17-34-23-11-7-6-10-22(23)33-2/h6-7,10-15,18,21H,3-5,8-9,16-17H2,1-2H3. The van der Waals surface area contributed by atoms with E-state index in [0.29, 0.717) is 17.2 Å². The van der Waals surface area contributed by atoms with Crippen molar-refractivity contribution in [2.24, 2.45) is 0 Å². The number of benzene rings is 2. The van der Waals surface area contributed by atoms with Gasteiger partial charge in [-0.3, -0.25) is 14.4 Å². The molecule has 1 unspecified atom stereocenters. The van der Waals surface area contributed by atoms with Crippen molar-refractivity contribution in [2.45, 2.75) is 55.5 Å². The van der Waals surface area contributed by atoms with Crippen molar-refractivity contribution < 1.29 is 23.9 Å². The molecule has 0 spiro atoms. The van der Waals surface area contributed by atoms with Gasteiger partial charge in [0.1, 0.15) is 17.5 Å². The van der Waals surface area contributed by atoms with E-state index in [4.69, 9.17) is 9.47 Å². The van der Waals surface area contributed by atoms with Gasteiger partial charge in [0.25, 0.3) is 5.91 Å². The van der Waals surface area contributed by atoms with E-state index < -0.39 is 6.04 Å². The molecule has 34 heavy (non-hydrogen) atoms. The van der Waals surface area contributed by atoms with Gasteiger partial charge in [0, 0.05) is 10.9 Å². The van der Waals surface area contributed by atoms with E-state index in [-0.39, 0.29) is 35.9 Å². The van der Waals surface area contributed by atoms with Gasteiger partial charge in [-0.1, -0.05) is 31.4 Å². The van der Waals surface area contributed by atoms with E-state index in [1.165, 1.54) is 16.7 Å². The van der Waals surface area contributed by atoms with E-state index in [0.717, 1.165) is 37.0 Å². The maximum absolute atomic E-state index is 13.5. The van der Waals surface area contributed by atoms with Crippen molar-refractivity contribution in [1.82, 2.24) is 4.90 Å². The molecule has 1 atom stereocenters. The minimum absolute atomic E-state index is 0.00638. The highest BCUT2D eigenvalue weighted by Crippen LogP contribution is 2.34. The summed E-state index contributed by atoms with van der Waals surface area (Å²) in [5.41, 5.74) is 0.498. The third-order valence-corrected chi connectivity index (χ3v) is 7.51. The van der Waals surface area contributed by atoms with Crippen molar-refractivity contribution >= 4 is 35.2 Å². The van der Waals surface area contributed by atoms with E-state index >= 15 is 0 Å². The number of amides is 3. The summed E-state index contributed by atoms with van der Waals surface area (Å²) < 4.78 is 10.6. The number of anilines is 1. The monoisotopic (exact) mass is 482 g/mol. The summed E-state index contributed by atoms with van der Waals surface area (Å²) in [6.45, 7) is 0. The number of ether oxygens (including phenoxy) is 2. The third-order valence-electron chi connectivity index (χ3n) is 6.47. The molecular weight excluding hydrogens is 452 g/mol. The summed E-state index contributed by atoms with van der Waals surface area (Å²) in [6, 6.07) is 13.6. The lowest BCUT2D eigenvalue weighted by molar-refractivity contribution is -0.139. The van der Waals surface area contributed by atoms with E-state index in [2.05, 4.69) is 0 Å². The Morgan fingerprint density at radius 2 is 1.71 bits per heavy atom. The van der Waals surface area contributed by atoms with Crippen LogP contribution in [-0.2, 0) is 14.4 Å². The zero-order valence-electron chi connectivity index (χ0n) is 19.6. The highest BCUT2D eigenvalue weighted by atomic mass is 32.2. The zero-order chi connectivity index (χ0) is 24.1. The number of methoxy groups -OCH3 is 2. The summed E-state index contributed by atoms with van der Waals surface area (Å²) >= 11 is 1.39. The Kier molecular flexibility index (Phi) is 7.77. The van der Waals surface area contributed by atoms with E-state index in [1.807, 2.05) is 24.3 Å². The number of imide groups is 1. The molecule has 1 saturated carbocycles. The molecule has 0 N–H and O–H groups in total. The van der Waals surface area contributed by atoms with Crippen LogP contribution in [0.3, 0.4) is 0 Å². The molecule has 2 aromatic rings. The van der Waals surface area contributed by atoms with E-state index in [9.17, 15) is 14.4 Å². The first-order chi connectivity index (χ1) is 16.5. The average molecular weight is 483 g/mol. The fourth-order valence-corrected chi connectivity index (χ4v) is 5.68. The number of hydrogen-bond acceptors (Lipinski definition) is 6. The maximum atomic E-state index is 13.5. The van der Waals surface area contributed by atoms with Crippen molar-refractivity contribution in [1.29, 1.82) is 0 Å². The van der Waals surface area contributed by atoms with Crippen LogP contribution in [0.25, 0.3) is 0 Å². The van der Waals surface area contributed by atoms with Crippen LogP contribution >= 0.6 is 11.8 Å². The Morgan fingerprint density at radius 3 is 2.38 bits per heavy atom. The molecule has 7 nitrogen and oxygen atoms in total. The normalized spacial score (nSPS) is 18.8. The topological polar surface area (TPSA) is 76.2 Å². The second-order valence-corrected chi connectivity index (χ2v) is 9.53. The Hall–Kier alpha value is -3.00. The quantitative estimate of drug-likeness (QED) is 0.413. The van der Waals surface area contributed by atoms with Gasteiger partial charge in [0.05, 0.1) is 32.1 Å². The van der Waals surface area contributed by atoms with Crippen LogP contribution in [0, 0.1) is 0 Å². The first-order valence-electron chi connectivity index (χ1n) is 11.6. The third kappa shape index (κ3) is 5.06. The molecule has 180 valence electrons. The Labute approximate surface area is 204 Å². The minimum Gasteiger partial charge on any atom is -0.497 e. The van der Waals surface area contributed by atoms with Crippen LogP contribution in [0.1, 0.15) is 38.5 Å². The van der Waals surface area contributed by atoms with Gasteiger partial charge in [-0.2, -0.15) is 0 Å². The first kappa shape index (κ1) is 24.1. The van der Waals surface area contributed by atoms with Gasteiger partial charge < -0.3 is 14.4 Å². The minimum atomic E-state index is -0.775. The number of carbonyl (C=O) groups excluding carboxylic acids is 3. The predicted molar refractivity (Wildman–Crippen MR) is 131 cm³/mol. The summed E-state index contributed by atoms with van der Waals surface area (Å²) in [6.07, 6.45) is 4.88. The second-order valence-electron chi connectivity index (χ2n) is 8.52. The molecule has 2 aromatic carbocycles. The van der Waals surface area contributed by atoms with Gasteiger partial charge in [-0.15, -0.1) is 11.8 Å². The predicted octanol–water partition coefficient (Wildman–Crippen LogP) is 4.29. The summed E-state index contributed by atoms with van der Waals surface area (Å²) in [5.74, 6) is 0.791. The van der Waals surface area contributed by atoms with Gasteiger partial charge in [-0.05, 0) is 49.2 Å². The lowest BCUT2D eigenvalue weighted by Gasteiger charge is -2.37. The molecule has 1 aliphatic carbocycles. The van der Waals surface area contributed by atoms with E-state index in [1.54, 1.807) is 43.4 Å². The molecule has 1 aliphatic heterocycles. The van der Waals surface area contributed by atoms with Crippen LogP contribution < -0.4 is 14.4 Å². The highest BCUT2D eigenvalue weighted by Gasteiger charge is 2.46. The fourth-order valence-electron chi connectivity index (χ4n) is 4.78. The number of carbonyl (C=O) groups is 3. The van der Waals surface area contributed by atoms with Gasteiger partial charge in [-0.25, -0.2) is 4.90 Å². The Bertz CT molecular complexity index is 1040. The smallest absolute Gasteiger partial charge is 0.257 e. The van der Waals surface area contributed by atoms with Crippen LogP contribution in [0.5, 0.6) is 11.5 Å². The summed E-state index contributed by atoms with van der Waals surface area (Å²) in [7, 11) is 3.17. The van der Waals surface area contributed by atoms with Crippen molar-refractivity contribution in [3.8, 4) is 11.5 Å². The second kappa shape index (κ2) is 11.0. The summed E-state index contributed by atoms with van der Waals surface area (Å²) in [4.78, 5) is 43.8. The Balaban J connectivity index is 1.55. The lowest BCUT2D eigenvalue weighted by Crippen LogP contribution is -2.52. The van der Waals surface area contributed by atoms with Crippen molar-refractivity contribution in [3.63, 3.8) is 0 Å². The van der Waals surface area contributed by atoms with Gasteiger partial charge >= 0.3 is 0 Å². The highest BCUT2D eigenvalue weighted by molar-refractivity contribution is 8.00. The molecule has 0 radical (unpaired) electrons. The van der Waals surface area contributed by atoms with Crippen molar-refractivity contribution in [3.05, 3.63) is 48.5 Å². The zero-order valence-corrected chi connectivity index (χ0v) is 20.4. The van der Waals surface area contributed by atoms with Crippen LogP contribution in [0.4, 0.5) is 5.69 Å². The molecule has 2 aliphatic rings. The van der Waals surface area contributed by atoms with Crippen molar-refractivity contribution in [2.75, 3.05) is 24.9 Å².